The lowest BCUT2D eigenvalue weighted by atomic mass is 10.1. The zero-order valence-corrected chi connectivity index (χ0v) is 11.8. The average Bonchev–Trinajstić information content (AvgIpc) is 2.95. The van der Waals surface area contributed by atoms with Gasteiger partial charge < -0.3 is 19.4 Å². The lowest BCUT2D eigenvalue weighted by Gasteiger charge is -2.13. The van der Waals surface area contributed by atoms with Crippen LogP contribution in [0.5, 0.6) is 5.75 Å². The molecule has 1 aliphatic heterocycles. The lowest BCUT2D eigenvalue weighted by molar-refractivity contribution is -0.124. The van der Waals surface area contributed by atoms with Crippen LogP contribution in [0.1, 0.15) is 12.1 Å². The molecule has 0 bridgehead atoms. The molecule has 110 valence electrons. The van der Waals surface area contributed by atoms with Gasteiger partial charge in [-0.1, -0.05) is 0 Å². The number of hydrogen-bond acceptors (Lipinski definition) is 4. The van der Waals surface area contributed by atoms with E-state index >= 15 is 0 Å². The highest BCUT2D eigenvalue weighted by Crippen LogP contribution is 2.12. The highest BCUT2D eigenvalue weighted by atomic mass is 16.5. The average molecular weight is 280 g/mol. The van der Waals surface area contributed by atoms with Crippen molar-refractivity contribution in [2.24, 2.45) is 5.92 Å². The number of methoxy groups -OCH3 is 1. The first-order valence-electron chi connectivity index (χ1n) is 6.72. The van der Waals surface area contributed by atoms with E-state index < -0.39 is 0 Å². The molecule has 6 heteroatoms. The predicted octanol–water partition coefficient (Wildman–Crippen LogP) is 0.318. The van der Waals surface area contributed by atoms with Crippen molar-refractivity contribution in [1.82, 2.24) is 9.88 Å². The molecule has 0 radical (unpaired) electrons. The van der Waals surface area contributed by atoms with Crippen LogP contribution >= 0.6 is 0 Å². The van der Waals surface area contributed by atoms with E-state index in [0.717, 1.165) is 12.1 Å². The topological polar surface area (TPSA) is 69.6 Å². The second-order valence-electron chi connectivity index (χ2n) is 4.88. The molecule has 0 aromatic carbocycles. The third-order valence-electron chi connectivity index (χ3n) is 3.48. The lowest BCUT2D eigenvalue weighted by Crippen LogP contribution is -2.35. The van der Waals surface area contributed by atoms with E-state index in [0.29, 0.717) is 32.1 Å². The molecule has 0 saturated carbocycles. The molecule has 0 spiro atoms. The zero-order valence-electron chi connectivity index (χ0n) is 11.8. The van der Waals surface area contributed by atoms with E-state index in [2.05, 4.69) is 5.32 Å². The Morgan fingerprint density at radius 3 is 2.95 bits per heavy atom. The normalized spacial score (nSPS) is 18.0. The van der Waals surface area contributed by atoms with E-state index in [1.165, 1.54) is 13.2 Å². The summed E-state index contributed by atoms with van der Waals surface area (Å²) in [5.41, 5.74) is 0.688. The molecule has 1 atom stereocenters. The van der Waals surface area contributed by atoms with E-state index in [4.69, 9.17) is 9.47 Å². The zero-order chi connectivity index (χ0) is 14.5. The molecule has 1 aromatic heterocycles. The summed E-state index contributed by atoms with van der Waals surface area (Å²) in [5.74, 6) is 0.501. The fraction of sp³-hybridized carbons (Fsp3) is 0.571. The van der Waals surface area contributed by atoms with Gasteiger partial charge >= 0.3 is 0 Å². The third kappa shape index (κ3) is 3.39. The minimum atomic E-state index is -0.125. The fourth-order valence-electron chi connectivity index (χ4n) is 2.28. The molecule has 20 heavy (non-hydrogen) atoms. The maximum atomic E-state index is 11.9. The largest absolute Gasteiger partial charge is 0.496 e. The minimum absolute atomic E-state index is 0.00159. The summed E-state index contributed by atoms with van der Waals surface area (Å²) >= 11 is 0. The Kier molecular flexibility index (Phi) is 4.79. The molecular weight excluding hydrogens is 260 g/mol. The molecular formula is C14H20N2O4. The quantitative estimate of drug-likeness (QED) is 0.843. The number of ether oxygens (including phenoxy) is 2. The first-order chi connectivity index (χ1) is 9.61. The van der Waals surface area contributed by atoms with Gasteiger partial charge in [0, 0.05) is 31.5 Å². The van der Waals surface area contributed by atoms with Gasteiger partial charge in [-0.15, -0.1) is 0 Å². The minimum Gasteiger partial charge on any atom is -0.496 e. The molecule has 1 N–H and O–H groups in total. The van der Waals surface area contributed by atoms with Gasteiger partial charge in [0.15, 0.2) is 0 Å². The molecule has 2 heterocycles. The maximum Gasteiger partial charge on any atom is 0.254 e. The van der Waals surface area contributed by atoms with Crippen molar-refractivity contribution in [3.8, 4) is 5.75 Å². The van der Waals surface area contributed by atoms with Crippen molar-refractivity contribution in [3.05, 3.63) is 28.2 Å². The molecule has 1 saturated heterocycles. The van der Waals surface area contributed by atoms with Gasteiger partial charge in [-0.2, -0.15) is 0 Å². The van der Waals surface area contributed by atoms with Crippen LogP contribution < -0.4 is 15.6 Å². The number of amides is 1. The van der Waals surface area contributed by atoms with Crippen LogP contribution in [0.2, 0.25) is 0 Å². The second kappa shape index (κ2) is 6.56. The smallest absolute Gasteiger partial charge is 0.254 e. The van der Waals surface area contributed by atoms with Crippen molar-refractivity contribution < 1.29 is 14.3 Å². The first-order valence-corrected chi connectivity index (χ1v) is 6.72. The Morgan fingerprint density at radius 1 is 1.55 bits per heavy atom. The van der Waals surface area contributed by atoms with E-state index in [-0.39, 0.29) is 17.4 Å². The summed E-state index contributed by atoms with van der Waals surface area (Å²) in [6.45, 7) is 3.87. The van der Waals surface area contributed by atoms with Gasteiger partial charge in [0.1, 0.15) is 5.75 Å². The van der Waals surface area contributed by atoms with Crippen molar-refractivity contribution in [2.75, 3.05) is 26.9 Å². The van der Waals surface area contributed by atoms with Gasteiger partial charge in [0.05, 0.1) is 19.6 Å². The number of nitrogens with one attached hydrogen (secondary N) is 1. The number of nitrogens with zero attached hydrogens (tertiary/aromatic N) is 1. The van der Waals surface area contributed by atoms with Gasteiger partial charge in [0.25, 0.3) is 5.56 Å². The monoisotopic (exact) mass is 280 g/mol. The highest BCUT2D eigenvalue weighted by molar-refractivity contribution is 5.78. The third-order valence-corrected chi connectivity index (χ3v) is 3.48. The molecule has 1 amide bonds. The molecule has 1 fully saturated rings. The summed E-state index contributed by atoms with van der Waals surface area (Å²) in [5, 5.41) is 2.85. The van der Waals surface area contributed by atoms with Crippen LogP contribution in [-0.4, -0.2) is 37.3 Å². The van der Waals surface area contributed by atoms with Crippen LogP contribution in [0.25, 0.3) is 0 Å². The number of aromatic nitrogens is 1. The van der Waals surface area contributed by atoms with E-state index in [1.54, 1.807) is 10.6 Å². The Balaban J connectivity index is 1.91. The number of carbonyl (C=O) groups excluding carboxylic acids is 1. The van der Waals surface area contributed by atoms with E-state index in [9.17, 15) is 9.59 Å². The maximum absolute atomic E-state index is 11.9. The second-order valence-corrected chi connectivity index (χ2v) is 4.88. The van der Waals surface area contributed by atoms with Crippen LogP contribution in [0.4, 0.5) is 0 Å². The van der Waals surface area contributed by atoms with Crippen LogP contribution in [-0.2, 0) is 16.1 Å². The van der Waals surface area contributed by atoms with Crippen molar-refractivity contribution in [1.29, 1.82) is 0 Å². The summed E-state index contributed by atoms with van der Waals surface area (Å²) in [6, 6.07) is 3.24. The Hall–Kier alpha value is -1.82. The Morgan fingerprint density at radius 2 is 2.35 bits per heavy atom. The molecule has 0 aliphatic carbocycles. The molecule has 6 nitrogen and oxygen atoms in total. The van der Waals surface area contributed by atoms with Crippen LogP contribution in [0, 0.1) is 12.8 Å². The van der Waals surface area contributed by atoms with Crippen LogP contribution in [0.15, 0.2) is 16.9 Å². The molecule has 1 unspecified atom stereocenters. The number of rotatable bonds is 5. The number of carbonyl (C=O) groups is 1. The SMILES string of the molecule is COc1cc(C)n(CCNC(=O)C2CCOC2)c(=O)c1. The number of aryl methyl sites for hydroxylation is 1. The van der Waals surface area contributed by atoms with Gasteiger partial charge in [-0.25, -0.2) is 0 Å². The first kappa shape index (κ1) is 14.6. The van der Waals surface area contributed by atoms with Gasteiger partial charge in [-0.05, 0) is 19.4 Å². The summed E-state index contributed by atoms with van der Waals surface area (Å²) in [7, 11) is 1.53. The number of hydrogen-bond donors (Lipinski definition) is 1. The Bertz CT molecular complexity index is 532. The molecule has 2 rings (SSSR count). The van der Waals surface area contributed by atoms with Gasteiger partial charge in [-0.3, -0.25) is 9.59 Å². The van der Waals surface area contributed by atoms with Gasteiger partial charge in [0.2, 0.25) is 5.91 Å². The standard InChI is InChI=1S/C14H20N2O4/c1-10-7-12(19-2)8-13(17)16(10)5-4-15-14(18)11-3-6-20-9-11/h7-8,11H,3-6,9H2,1-2H3,(H,15,18). The van der Waals surface area contributed by atoms with E-state index in [1.807, 2.05) is 6.92 Å². The number of pyridine rings is 1. The summed E-state index contributed by atoms with van der Waals surface area (Å²) in [4.78, 5) is 23.7. The fourth-order valence-corrected chi connectivity index (χ4v) is 2.28. The molecule has 1 aromatic rings. The highest BCUT2D eigenvalue weighted by Gasteiger charge is 2.22. The molecule has 1 aliphatic rings. The van der Waals surface area contributed by atoms with Crippen molar-refractivity contribution in [3.63, 3.8) is 0 Å². The van der Waals surface area contributed by atoms with Crippen LogP contribution in [0.3, 0.4) is 0 Å². The predicted molar refractivity (Wildman–Crippen MR) is 73.9 cm³/mol. The summed E-state index contributed by atoms with van der Waals surface area (Å²) < 4.78 is 11.8. The Labute approximate surface area is 117 Å². The van der Waals surface area contributed by atoms with Crippen molar-refractivity contribution >= 4 is 5.91 Å². The summed E-state index contributed by atoms with van der Waals surface area (Å²) in [6.07, 6.45) is 0.771. The van der Waals surface area contributed by atoms with Crippen molar-refractivity contribution in [2.45, 2.75) is 19.9 Å².